The van der Waals surface area contributed by atoms with E-state index in [1.807, 2.05) is 6.07 Å². The van der Waals surface area contributed by atoms with Gasteiger partial charge in [-0.2, -0.15) is 0 Å². The van der Waals surface area contributed by atoms with E-state index in [4.69, 9.17) is 17.3 Å². The molecule has 3 heteroatoms. The number of benzene rings is 1. The molecule has 3 N–H and O–H groups in total. The summed E-state index contributed by atoms with van der Waals surface area (Å²) in [6.07, 6.45) is 4.05. The van der Waals surface area contributed by atoms with Crippen LogP contribution in [-0.2, 0) is 0 Å². The number of nitrogens with two attached hydrogens (primary N) is 1. The molecule has 0 amide bonds. The van der Waals surface area contributed by atoms with Crippen LogP contribution in [-0.4, -0.2) is 5.11 Å². The van der Waals surface area contributed by atoms with E-state index in [-0.39, 0.29) is 0 Å². The average Bonchev–Trinajstić information content (AvgIpc) is 2.69. The highest BCUT2D eigenvalue weighted by atomic mass is 35.5. The van der Waals surface area contributed by atoms with Gasteiger partial charge in [-0.15, -0.1) is 0 Å². The maximum absolute atomic E-state index is 10.2. The van der Waals surface area contributed by atoms with Gasteiger partial charge >= 0.3 is 0 Å². The van der Waals surface area contributed by atoms with Gasteiger partial charge in [0.1, 0.15) is 0 Å². The SMILES string of the molecule is Nc1cccc(Cl)c1C(O)C1CCCC1. The van der Waals surface area contributed by atoms with E-state index in [1.165, 1.54) is 12.8 Å². The van der Waals surface area contributed by atoms with Crippen LogP contribution in [0.2, 0.25) is 5.02 Å². The Morgan fingerprint density at radius 1 is 1.33 bits per heavy atom. The van der Waals surface area contributed by atoms with Crippen LogP contribution in [0.1, 0.15) is 37.4 Å². The Hall–Kier alpha value is -0.730. The van der Waals surface area contributed by atoms with Gasteiger partial charge in [-0.25, -0.2) is 0 Å². The molecule has 1 fully saturated rings. The van der Waals surface area contributed by atoms with Crippen molar-refractivity contribution in [2.24, 2.45) is 5.92 Å². The van der Waals surface area contributed by atoms with Crippen molar-refractivity contribution >= 4 is 17.3 Å². The van der Waals surface area contributed by atoms with E-state index in [0.717, 1.165) is 12.8 Å². The molecule has 2 rings (SSSR count). The third kappa shape index (κ3) is 2.11. The van der Waals surface area contributed by atoms with Gasteiger partial charge in [-0.1, -0.05) is 30.5 Å². The summed E-state index contributed by atoms with van der Waals surface area (Å²) in [7, 11) is 0. The Morgan fingerprint density at radius 3 is 2.60 bits per heavy atom. The number of aliphatic hydroxyl groups is 1. The predicted molar refractivity (Wildman–Crippen MR) is 62.8 cm³/mol. The first-order valence-corrected chi connectivity index (χ1v) is 5.80. The smallest absolute Gasteiger partial charge is 0.0852 e. The molecule has 1 unspecified atom stereocenters. The predicted octanol–water partition coefficient (Wildman–Crippen LogP) is 3.15. The number of hydrogen-bond acceptors (Lipinski definition) is 2. The summed E-state index contributed by atoms with van der Waals surface area (Å²) in [5.74, 6) is 0.326. The van der Waals surface area contributed by atoms with Crippen molar-refractivity contribution in [3.8, 4) is 0 Å². The van der Waals surface area contributed by atoms with Crippen LogP contribution in [0, 0.1) is 5.92 Å². The van der Waals surface area contributed by atoms with Crippen molar-refractivity contribution in [3.05, 3.63) is 28.8 Å². The molecule has 1 saturated carbocycles. The van der Waals surface area contributed by atoms with Gasteiger partial charge in [0.05, 0.1) is 6.10 Å². The second kappa shape index (κ2) is 4.42. The number of aliphatic hydroxyl groups excluding tert-OH is 1. The van der Waals surface area contributed by atoms with E-state index >= 15 is 0 Å². The molecule has 1 aliphatic carbocycles. The van der Waals surface area contributed by atoms with E-state index in [1.54, 1.807) is 12.1 Å². The number of halogens is 1. The molecule has 0 spiro atoms. The molecule has 82 valence electrons. The van der Waals surface area contributed by atoms with E-state index in [9.17, 15) is 5.11 Å². The molecule has 0 heterocycles. The Morgan fingerprint density at radius 2 is 2.00 bits per heavy atom. The van der Waals surface area contributed by atoms with E-state index in [2.05, 4.69) is 0 Å². The molecule has 1 atom stereocenters. The second-order valence-electron chi connectivity index (χ2n) is 4.23. The number of rotatable bonds is 2. The van der Waals surface area contributed by atoms with Crippen LogP contribution in [0.25, 0.3) is 0 Å². The molecule has 1 aliphatic rings. The van der Waals surface area contributed by atoms with Gasteiger partial charge in [-0.3, -0.25) is 0 Å². The van der Waals surface area contributed by atoms with Crippen molar-refractivity contribution < 1.29 is 5.11 Å². The molecule has 1 aromatic rings. The molecular formula is C12H16ClNO. The Balaban J connectivity index is 2.27. The summed E-state index contributed by atoms with van der Waals surface area (Å²) >= 11 is 6.06. The molecule has 0 aliphatic heterocycles. The highest BCUT2D eigenvalue weighted by Crippen LogP contribution is 2.40. The highest BCUT2D eigenvalue weighted by molar-refractivity contribution is 6.31. The van der Waals surface area contributed by atoms with Crippen LogP contribution >= 0.6 is 11.6 Å². The summed E-state index contributed by atoms with van der Waals surface area (Å²) in [4.78, 5) is 0. The number of hydrogen-bond donors (Lipinski definition) is 2. The monoisotopic (exact) mass is 225 g/mol. The van der Waals surface area contributed by atoms with Crippen molar-refractivity contribution in [1.82, 2.24) is 0 Å². The molecule has 1 aromatic carbocycles. The summed E-state index contributed by atoms with van der Waals surface area (Å²) in [6, 6.07) is 5.38. The fraction of sp³-hybridized carbons (Fsp3) is 0.500. The first-order chi connectivity index (χ1) is 7.20. The van der Waals surface area contributed by atoms with Crippen molar-refractivity contribution in [1.29, 1.82) is 0 Å². The summed E-state index contributed by atoms with van der Waals surface area (Å²) in [5, 5.41) is 10.8. The van der Waals surface area contributed by atoms with Gasteiger partial charge in [0.2, 0.25) is 0 Å². The zero-order valence-corrected chi connectivity index (χ0v) is 9.37. The maximum atomic E-state index is 10.2. The fourth-order valence-electron chi connectivity index (χ4n) is 2.37. The molecule has 0 saturated heterocycles. The average molecular weight is 226 g/mol. The summed E-state index contributed by atoms with van der Waals surface area (Å²) in [6.45, 7) is 0. The first kappa shape index (κ1) is 10.8. The van der Waals surface area contributed by atoms with Crippen molar-refractivity contribution in [3.63, 3.8) is 0 Å². The second-order valence-corrected chi connectivity index (χ2v) is 4.64. The summed E-state index contributed by atoms with van der Waals surface area (Å²) in [5.41, 5.74) is 7.16. The van der Waals surface area contributed by atoms with Gasteiger partial charge < -0.3 is 10.8 Å². The maximum Gasteiger partial charge on any atom is 0.0852 e. The summed E-state index contributed by atoms with van der Waals surface area (Å²) < 4.78 is 0. The zero-order valence-electron chi connectivity index (χ0n) is 8.62. The van der Waals surface area contributed by atoms with E-state index in [0.29, 0.717) is 22.2 Å². The molecular weight excluding hydrogens is 210 g/mol. The zero-order chi connectivity index (χ0) is 10.8. The van der Waals surface area contributed by atoms with Gasteiger partial charge in [0.25, 0.3) is 0 Å². The minimum absolute atomic E-state index is 0.326. The van der Waals surface area contributed by atoms with Crippen LogP contribution in [0.4, 0.5) is 5.69 Å². The molecule has 15 heavy (non-hydrogen) atoms. The third-order valence-electron chi connectivity index (χ3n) is 3.23. The minimum atomic E-state index is -0.499. The first-order valence-electron chi connectivity index (χ1n) is 5.42. The standard InChI is InChI=1S/C12H16ClNO/c13-9-6-3-7-10(14)11(9)12(15)8-4-1-2-5-8/h3,6-8,12,15H,1-2,4-5,14H2. The van der Waals surface area contributed by atoms with Crippen LogP contribution in [0.15, 0.2) is 18.2 Å². The van der Waals surface area contributed by atoms with Gasteiger partial charge in [0.15, 0.2) is 0 Å². The van der Waals surface area contributed by atoms with Crippen LogP contribution < -0.4 is 5.73 Å². The van der Waals surface area contributed by atoms with Crippen molar-refractivity contribution in [2.45, 2.75) is 31.8 Å². The third-order valence-corrected chi connectivity index (χ3v) is 3.56. The lowest BCUT2D eigenvalue weighted by molar-refractivity contribution is 0.112. The molecule has 0 aromatic heterocycles. The van der Waals surface area contributed by atoms with Gasteiger partial charge in [-0.05, 0) is 30.9 Å². The molecule has 0 radical (unpaired) electrons. The Bertz CT molecular complexity index is 327. The Kier molecular flexibility index (Phi) is 3.17. The van der Waals surface area contributed by atoms with Crippen LogP contribution in [0.5, 0.6) is 0 Å². The topological polar surface area (TPSA) is 46.2 Å². The molecule has 0 bridgehead atoms. The van der Waals surface area contributed by atoms with Crippen molar-refractivity contribution in [2.75, 3.05) is 5.73 Å². The lowest BCUT2D eigenvalue weighted by atomic mass is 9.93. The highest BCUT2D eigenvalue weighted by Gasteiger charge is 2.27. The lowest BCUT2D eigenvalue weighted by Crippen LogP contribution is -2.11. The lowest BCUT2D eigenvalue weighted by Gasteiger charge is -2.20. The van der Waals surface area contributed by atoms with E-state index < -0.39 is 6.10 Å². The largest absolute Gasteiger partial charge is 0.398 e. The Labute approximate surface area is 95.1 Å². The quantitative estimate of drug-likeness (QED) is 0.760. The van der Waals surface area contributed by atoms with Gasteiger partial charge in [0, 0.05) is 16.3 Å². The minimum Gasteiger partial charge on any atom is -0.398 e. The van der Waals surface area contributed by atoms with Crippen LogP contribution in [0.3, 0.4) is 0 Å². The fourth-order valence-corrected chi connectivity index (χ4v) is 2.67. The normalized spacial score (nSPS) is 19.3. The number of anilines is 1. The number of nitrogen functional groups attached to an aromatic ring is 1. The molecule has 2 nitrogen and oxygen atoms in total.